The molecule has 2 heterocycles. The van der Waals surface area contributed by atoms with E-state index < -0.39 is 5.97 Å². The zero-order valence-electron chi connectivity index (χ0n) is 10.4. The Labute approximate surface area is 105 Å². The van der Waals surface area contributed by atoms with E-state index in [0.29, 0.717) is 17.9 Å². The Morgan fingerprint density at radius 2 is 2.28 bits per heavy atom. The number of hydrogen-bond donors (Lipinski definition) is 1. The molecule has 2 N–H and O–H groups in total. The second kappa shape index (κ2) is 4.91. The lowest BCUT2D eigenvalue weighted by Crippen LogP contribution is -2.11. The van der Waals surface area contributed by atoms with Crippen LogP contribution < -0.4 is 5.73 Å². The first-order valence-corrected chi connectivity index (χ1v) is 5.56. The summed E-state index contributed by atoms with van der Waals surface area (Å²) in [6.07, 6.45) is 1.70. The first-order chi connectivity index (χ1) is 8.60. The van der Waals surface area contributed by atoms with Crippen LogP contribution in [0.5, 0.6) is 0 Å². The molecule has 0 radical (unpaired) electrons. The van der Waals surface area contributed by atoms with Crippen LogP contribution in [0.1, 0.15) is 21.9 Å². The van der Waals surface area contributed by atoms with E-state index in [1.807, 2.05) is 25.1 Å². The number of aryl methyl sites for hydroxylation is 1. The molecule has 5 nitrogen and oxygen atoms in total. The number of nitrogens with zero attached hydrogens (tertiary/aromatic N) is 2. The number of nitrogen functional groups attached to an aromatic ring is 1. The summed E-state index contributed by atoms with van der Waals surface area (Å²) in [5.74, 6) is -0.403. The summed E-state index contributed by atoms with van der Waals surface area (Å²) in [4.78, 5) is 16.0. The monoisotopic (exact) mass is 245 g/mol. The Bertz CT molecular complexity index is 575. The summed E-state index contributed by atoms with van der Waals surface area (Å²) < 4.78 is 6.45. The van der Waals surface area contributed by atoms with E-state index in [9.17, 15) is 4.79 Å². The molecule has 0 bridgehead atoms. The second-order valence-electron chi connectivity index (χ2n) is 4.05. The Morgan fingerprint density at radius 1 is 1.50 bits per heavy atom. The van der Waals surface area contributed by atoms with Crippen molar-refractivity contribution in [3.05, 3.63) is 47.5 Å². The number of methoxy groups -OCH3 is 1. The van der Waals surface area contributed by atoms with Crippen molar-refractivity contribution in [1.82, 2.24) is 9.55 Å². The number of esters is 1. The molecule has 0 atom stereocenters. The molecule has 0 amide bonds. The van der Waals surface area contributed by atoms with Gasteiger partial charge in [0.2, 0.25) is 0 Å². The van der Waals surface area contributed by atoms with Crippen molar-refractivity contribution in [2.75, 3.05) is 12.8 Å². The van der Waals surface area contributed by atoms with Crippen molar-refractivity contribution >= 4 is 11.7 Å². The molecule has 0 saturated heterocycles. The van der Waals surface area contributed by atoms with E-state index in [-0.39, 0.29) is 0 Å². The fraction of sp³-hybridized carbons (Fsp3) is 0.231. The van der Waals surface area contributed by atoms with E-state index in [4.69, 9.17) is 10.5 Å². The highest BCUT2D eigenvalue weighted by Gasteiger charge is 2.13. The van der Waals surface area contributed by atoms with Crippen LogP contribution in [0.3, 0.4) is 0 Å². The molecule has 0 unspecified atom stereocenters. The van der Waals surface area contributed by atoms with Crippen molar-refractivity contribution in [2.45, 2.75) is 13.5 Å². The molecule has 18 heavy (non-hydrogen) atoms. The quantitative estimate of drug-likeness (QED) is 0.834. The van der Waals surface area contributed by atoms with Crippen LogP contribution in [-0.2, 0) is 11.3 Å². The summed E-state index contributed by atoms with van der Waals surface area (Å²) in [6, 6.07) is 7.36. The fourth-order valence-corrected chi connectivity index (χ4v) is 1.80. The van der Waals surface area contributed by atoms with E-state index >= 15 is 0 Å². The molecule has 94 valence electrons. The molecule has 0 fully saturated rings. The summed E-state index contributed by atoms with van der Waals surface area (Å²) in [6.45, 7) is 2.41. The number of nitrogens with two attached hydrogens (primary N) is 1. The summed E-state index contributed by atoms with van der Waals surface area (Å²) >= 11 is 0. The van der Waals surface area contributed by atoms with Crippen LogP contribution in [0.4, 0.5) is 5.69 Å². The summed E-state index contributed by atoms with van der Waals surface area (Å²) in [7, 11) is 1.35. The maximum atomic E-state index is 11.6. The molecule has 0 aliphatic heterocycles. The van der Waals surface area contributed by atoms with Gasteiger partial charge in [0.25, 0.3) is 0 Å². The standard InChI is InChI=1S/C13H15N3O2/c1-9-4-3-5-11(15-9)8-16-7-10(14)6-12(16)13(17)18-2/h3-7H,8,14H2,1-2H3. The van der Waals surface area contributed by atoms with Crippen LogP contribution in [0, 0.1) is 6.92 Å². The predicted octanol–water partition coefficient (Wildman–Crippen LogP) is 1.61. The number of carbonyl (C=O) groups excluding carboxylic acids is 1. The fourth-order valence-electron chi connectivity index (χ4n) is 1.80. The Morgan fingerprint density at radius 3 is 2.94 bits per heavy atom. The molecule has 0 spiro atoms. The van der Waals surface area contributed by atoms with Gasteiger partial charge in [0.15, 0.2) is 0 Å². The third-order valence-corrected chi connectivity index (χ3v) is 2.59. The first kappa shape index (κ1) is 12.2. The van der Waals surface area contributed by atoms with Crippen LogP contribution in [0.15, 0.2) is 30.5 Å². The van der Waals surface area contributed by atoms with Gasteiger partial charge in [-0.2, -0.15) is 0 Å². The minimum atomic E-state index is -0.403. The molecule has 0 aliphatic carbocycles. The highest BCUT2D eigenvalue weighted by atomic mass is 16.5. The molecule has 0 aliphatic rings. The minimum Gasteiger partial charge on any atom is -0.464 e. The van der Waals surface area contributed by atoms with Crippen LogP contribution in [-0.4, -0.2) is 22.6 Å². The first-order valence-electron chi connectivity index (χ1n) is 5.56. The largest absolute Gasteiger partial charge is 0.464 e. The third kappa shape index (κ3) is 2.51. The van der Waals surface area contributed by atoms with Gasteiger partial charge in [0.05, 0.1) is 25.0 Å². The van der Waals surface area contributed by atoms with E-state index in [2.05, 4.69) is 4.98 Å². The van der Waals surface area contributed by atoms with Crippen LogP contribution in [0.25, 0.3) is 0 Å². The molecule has 0 aromatic carbocycles. The lowest BCUT2D eigenvalue weighted by molar-refractivity contribution is 0.0589. The topological polar surface area (TPSA) is 70.1 Å². The van der Waals surface area contributed by atoms with Gasteiger partial charge in [0, 0.05) is 11.9 Å². The van der Waals surface area contributed by atoms with Gasteiger partial charge in [-0.1, -0.05) is 6.07 Å². The average Bonchev–Trinajstić information content (AvgIpc) is 2.69. The SMILES string of the molecule is COC(=O)c1cc(N)cn1Cc1cccc(C)n1. The van der Waals surface area contributed by atoms with Gasteiger partial charge in [-0.15, -0.1) is 0 Å². The molecular formula is C13H15N3O2. The van der Waals surface area contributed by atoms with Crippen molar-refractivity contribution in [1.29, 1.82) is 0 Å². The smallest absolute Gasteiger partial charge is 0.354 e. The molecule has 0 saturated carbocycles. The number of hydrogen-bond acceptors (Lipinski definition) is 4. The van der Waals surface area contributed by atoms with E-state index in [1.54, 1.807) is 16.8 Å². The lowest BCUT2D eigenvalue weighted by atomic mass is 10.3. The number of aromatic nitrogens is 2. The third-order valence-electron chi connectivity index (χ3n) is 2.59. The maximum absolute atomic E-state index is 11.6. The minimum absolute atomic E-state index is 0.403. The number of carbonyl (C=O) groups is 1. The Hall–Kier alpha value is -2.30. The van der Waals surface area contributed by atoms with Crippen molar-refractivity contribution in [3.8, 4) is 0 Å². The van der Waals surface area contributed by atoms with Crippen molar-refractivity contribution < 1.29 is 9.53 Å². The van der Waals surface area contributed by atoms with E-state index in [1.165, 1.54) is 7.11 Å². The zero-order chi connectivity index (χ0) is 13.1. The molecule has 2 aromatic heterocycles. The number of anilines is 1. The van der Waals surface area contributed by atoms with Gasteiger partial charge < -0.3 is 15.0 Å². The molecular weight excluding hydrogens is 230 g/mol. The highest BCUT2D eigenvalue weighted by Crippen LogP contribution is 2.13. The maximum Gasteiger partial charge on any atom is 0.354 e. The van der Waals surface area contributed by atoms with Crippen molar-refractivity contribution in [2.24, 2.45) is 0 Å². The number of ether oxygens (including phenoxy) is 1. The van der Waals surface area contributed by atoms with Gasteiger partial charge >= 0.3 is 5.97 Å². The van der Waals surface area contributed by atoms with Gasteiger partial charge in [-0.25, -0.2) is 4.79 Å². The van der Waals surface area contributed by atoms with Crippen molar-refractivity contribution in [3.63, 3.8) is 0 Å². The number of rotatable bonds is 3. The van der Waals surface area contributed by atoms with Crippen LogP contribution >= 0.6 is 0 Å². The Kier molecular flexibility index (Phi) is 3.32. The van der Waals surface area contributed by atoms with E-state index in [0.717, 1.165) is 11.4 Å². The molecule has 5 heteroatoms. The van der Waals surface area contributed by atoms with Crippen LogP contribution in [0.2, 0.25) is 0 Å². The lowest BCUT2D eigenvalue weighted by Gasteiger charge is -2.07. The van der Waals surface area contributed by atoms with Gasteiger partial charge in [-0.3, -0.25) is 4.98 Å². The normalized spacial score (nSPS) is 10.3. The summed E-state index contributed by atoms with van der Waals surface area (Å²) in [5, 5.41) is 0. The number of pyridine rings is 1. The van der Waals surface area contributed by atoms with Gasteiger partial charge in [-0.05, 0) is 25.1 Å². The second-order valence-corrected chi connectivity index (χ2v) is 4.05. The molecule has 2 rings (SSSR count). The highest BCUT2D eigenvalue weighted by molar-refractivity contribution is 5.89. The van der Waals surface area contributed by atoms with Gasteiger partial charge in [0.1, 0.15) is 5.69 Å². The predicted molar refractivity (Wildman–Crippen MR) is 68.3 cm³/mol. The molecule has 2 aromatic rings. The zero-order valence-corrected chi connectivity index (χ0v) is 10.4. The Balaban J connectivity index is 2.31. The average molecular weight is 245 g/mol. The summed E-state index contributed by atoms with van der Waals surface area (Å²) in [5.41, 5.74) is 8.47.